The first-order chi connectivity index (χ1) is 8.81. The van der Waals surface area contributed by atoms with E-state index in [-0.39, 0.29) is 0 Å². The summed E-state index contributed by atoms with van der Waals surface area (Å²) in [6.07, 6.45) is 9.45. The molecule has 2 nitrogen and oxygen atoms in total. The van der Waals surface area contributed by atoms with Crippen molar-refractivity contribution >= 4 is 23.4 Å². The lowest BCUT2D eigenvalue weighted by molar-refractivity contribution is 0.516. The van der Waals surface area contributed by atoms with Gasteiger partial charge < -0.3 is 0 Å². The lowest BCUT2D eigenvalue weighted by atomic mass is 10.0. The van der Waals surface area contributed by atoms with Crippen molar-refractivity contribution < 1.29 is 0 Å². The van der Waals surface area contributed by atoms with Crippen molar-refractivity contribution in [1.29, 1.82) is 0 Å². The minimum Gasteiger partial charge on any atom is -0.237 e. The topological polar surface area (TPSA) is 25.8 Å². The van der Waals surface area contributed by atoms with Gasteiger partial charge in [-0.25, -0.2) is 9.97 Å². The second-order valence-corrected chi connectivity index (χ2v) is 7.05. The molecule has 0 amide bonds. The first kappa shape index (κ1) is 12.7. The highest BCUT2D eigenvalue weighted by Crippen LogP contribution is 2.39. The largest absolute Gasteiger partial charge is 0.237 e. The van der Waals surface area contributed by atoms with E-state index in [0.717, 1.165) is 22.5 Å². The van der Waals surface area contributed by atoms with Crippen molar-refractivity contribution in [3.63, 3.8) is 0 Å². The maximum Gasteiger partial charge on any atom is 0.140 e. The highest BCUT2D eigenvalue weighted by Gasteiger charge is 2.26. The number of rotatable bonds is 4. The number of aromatic nitrogens is 2. The normalized spacial score (nSPS) is 21.2. The van der Waals surface area contributed by atoms with Crippen LogP contribution < -0.4 is 0 Å². The van der Waals surface area contributed by atoms with Gasteiger partial charge in [-0.1, -0.05) is 30.9 Å². The summed E-state index contributed by atoms with van der Waals surface area (Å²) in [5.41, 5.74) is 1.16. The average Bonchev–Trinajstić information content (AvgIpc) is 3.21. The quantitative estimate of drug-likeness (QED) is 0.757. The molecule has 2 saturated carbocycles. The maximum absolute atomic E-state index is 6.08. The van der Waals surface area contributed by atoms with Crippen molar-refractivity contribution in [2.24, 2.45) is 0 Å². The molecule has 0 unspecified atom stereocenters. The molecule has 0 aliphatic heterocycles. The first-order valence-electron chi connectivity index (χ1n) is 6.96. The molecule has 0 bridgehead atoms. The minimum atomic E-state index is 0.617. The number of thioether (sulfide) groups is 1. The molecule has 0 aromatic carbocycles. The van der Waals surface area contributed by atoms with Crippen molar-refractivity contribution in [1.82, 2.24) is 9.97 Å². The molecule has 0 radical (unpaired) electrons. The molecular formula is C14H19ClN2S. The van der Waals surface area contributed by atoms with E-state index in [1.54, 1.807) is 0 Å². The Morgan fingerprint density at radius 3 is 2.61 bits per heavy atom. The van der Waals surface area contributed by atoms with Gasteiger partial charge in [0.2, 0.25) is 0 Å². The zero-order valence-electron chi connectivity index (χ0n) is 10.6. The number of halogens is 1. The predicted octanol–water partition coefficient (Wildman–Crippen LogP) is 4.57. The number of hydrogen-bond donors (Lipinski definition) is 0. The molecule has 18 heavy (non-hydrogen) atoms. The number of nitrogens with zero attached hydrogens (tertiary/aromatic N) is 2. The van der Waals surface area contributed by atoms with Gasteiger partial charge in [-0.2, -0.15) is 11.8 Å². The van der Waals surface area contributed by atoms with Crippen LogP contribution in [-0.4, -0.2) is 15.2 Å². The van der Waals surface area contributed by atoms with Crippen LogP contribution in [0.3, 0.4) is 0 Å². The summed E-state index contributed by atoms with van der Waals surface area (Å²) in [6, 6.07) is 1.94. The van der Waals surface area contributed by atoms with E-state index in [4.69, 9.17) is 11.6 Å². The van der Waals surface area contributed by atoms with Crippen molar-refractivity contribution in [3.8, 4) is 0 Å². The summed E-state index contributed by atoms with van der Waals surface area (Å²) in [6.45, 7) is 0. The summed E-state index contributed by atoms with van der Waals surface area (Å²) in [5.74, 6) is 2.51. The third-order valence-electron chi connectivity index (χ3n) is 3.76. The van der Waals surface area contributed by atoms with E-state index in [9.17, 15) is 0 Å². The van der Waals surface area contributed by atoms with Crippen molar-refractivity contribution in [3.05, 3.63) is 22.7 Å². The Morgan fingerprint density at radius 2 is 1.89 bits per heavy atom. The average molecular weight is 283 g/mol. The molecule has 2 fully saturated rings. The Labute approximate surface area is 118 Å². The van der Waals surface area contributed by atoms with Crippen molar-refractivity contribution in [2.75, 3.05) is 0 Å². The van der Waals surface area contributed by atoms with Gasteiger partial charge in [0.25, 0.3) is 0 Å². The van der Waals surface area contributed by atoms with E-state index in [1.165, 1.54) is 44.9 Å². The van der Waals surface area contributed by atoms with Gasteiger partial charge >= 0.3 is 0 Å². The van der Waals surface area contributed by atoms with Crippen LogP contribution in [-0.2, 0) is 5.75 Å². The van der Waals surface area contributed by atoms with Crippen LogP contribution in [0.4, 0.5) is 0 Å². The fraction of sp³-hybridized carbons (Fsp3) is 0.714. The number of hydrogen-bond acceptors (Lipinski definition) is 3. The molecule has 0 atom stereocenters. The van der Waals surface area contributed by atoms with Crippen LogP contribution in [0.1, 0.15) is 62.4 Å². The predicted molar refractivity (Wildman–Crippen MR) is 77.2 cm³/mol. The summed E-state index contributed by atoms with van der Waals surface area (Å²) in [4.78, 5) is 9.03. The molecule has 0 N–H and O–H groups in total. The summed E-state index contributed by atoms with van der Waals surface area (Å²) < 4.78 is 0. The van der Waals surface area contributed by atoms with Crippen LogP contribution in [0.2, 0.25) is 5.15 Å². The molecule has 2 aliphatic rings. The van der Waals surface area contributed by atoms with Crippen LogP contribution in [0.15, 0.2) is 6.07 Å². The van der Waals surface area contributed by atoms with Gasteiger partial charge in [-0.3, -0.25) is 0 Å². The minimum absolute atomic E-state index is 0.617. The van der Waals surface area contributed by atoms with Gasteiger partial charge in [0, 0.05) is 16.9 Å². The SMILES string of the molecule is Clc1cc(C2CC2)nc(CSC2CCCCC2)n1. The Morgan fingerprint density at radius 1 is 1.11 bits per heavy atom. The van der Waals surface area contributed by atoms with Crippen molar-refractivity contribution in [2.45, 2.75) is 61.9 Å². The van der Waals surface area contributed by atoms with E-state index in [1.807, 2.05) is 17.8 Å². The summed E-state index contributed by atoms with van der Waals surface area (Å²) in [7, 11) is 0. The third kappa shape index (κ3) is 3.39. The van der Waals surface area contributed by atoms with E-state index < -0.39 is 0 Å². The summed E-state index contributed by atoms with van der Waals surface area (Å²) >= 11 is 8.10. The Bertz CT molecular complexity index is 414. The van der Waals surface area contributed by atoms with E-state index >= 15 is 0 Å². The molecule has 3 rings (SSSR count). The lowest BCUT2D eigenvalue weighted by Gasteiger charge is -2.20. The monoisotopic (exact) mass is 282 g/mol. The molecule has 98 valence electrons. The highest BCUT2D eigenvalue weighted by atomic mass is 35.5. The van der Waals surface area contributed by atoms with Crippen LogP contribution in [0.5, 0.6) is 0 Å². The van der Waals surface area contributed by atoms with Crippen LogP contribution in [0, 0.1) is 0 Å². The Hall–Kier alpha value is -0.280. The Kier molecular flexibility index (Phi) is 4.10. The second-order valence-electron chi connectivity index (χ2n) is 5.38. The molecule has 2 aliphatic carbocycles. The van der Waals surface area contributed by atoms with E-state index in [2.05, 4.69) is 9.97 Å². The second kappa shape index (κ2) is 5.79. The van der Waals surface area contributed by atoms with Gasteiger partial charge in [0.15, 0.2) is 0 Å². The van der Waals surface area contributed by atoms with Gasteiger partial charge in [-0.05, 0) is 31.7 Å². The highest BCUT2D eigenvalue weighted by molar-refractivity contribution is 7.99. The fourth-order valence-corrected chi connectivity index (χ4v) is 3.95. The first-order valence-corrected chi connectivity index (χ1v) is 8.39. The molecule has 1 heterocycles. The maximum atomic E-state index is 6.08. The lowest BCUT2D eigenvalue weighted by Crippen LogP contribution is -2.09. The molecule has 0 spiro atoms. The van der Waals surface area contributed by atoms with E-state index in [0.29, 0.717) is 11.1 Å². The molecule has 0 saturated heterocycles. The summed E-state index contributed by atoms with van der Waals surface area (Å²) in [5, 5.41) is 1.43. The standard InChI is InChI=1S/C14H19ClN2S/c15-13-8-12(10-6-7-10)16-14(17-13)9-18-11-4-2-1-3-5-11/h8,10-11H,1-7,9H2. The van der Waals surface area contributed by atoms with Crippen LogP contribution >= 0.6 is 23.4 Å². The molecule has 4 heteroatoms. The zero-order chi connectivity index (χ0) is 12.4. The molecule has 1 aromatic rings. The van der Waals surface area contributed by atoms with Crippen LogP contribution in [0.25, 0.3) is 0 Å². The zero-order valence-corrected chi connectivity index (χ0v) is 12.1. The molecular weight excluding hydrogens is 264 g/mol. The van der Waals surface area contributed by atoms with Gasteiger partial charge in [0.1, 0.15) is 11.0 Å². The molecule has 1 aromatic heterocycles. The van der Waals surface area contributed by atoms with Gasteiger partial charge in [-0.15, -0.1) is 0 Å². The fourth-order valence-electron chi connectivity index (χ4n) is 2.56. The smallest absolute Gasteiger partial charge is 0.140 e. The third-order valence-corrected chi connectivity index (χ3v) is 5.32. The Balaban J connectivity index is 1.60. The van der Waals surface area contributed by atoms with Gasteiger partial charge in [0.05, 0.1) is 5.75 Å².